The van der Waals surface area contributed by atoms with E-state index in [4.69, 9.17) is 17.0 Å². The van der Waals surface area contributed by atoms with Crippen LogP contribution in [0.3, 0.4) is 0 Å². The summed E-state index contributed by atoms with van der Waals surface area (Å²) in [5, 5.41) is 2.83. The van der Waals surface area contributed by atoms with Gasteiger partial charge in [-0.15, -0.1) is 0 Å². The molecule has 1 aromatic carbocycles. The van der Waals surface area contributed by atoms with Gasteiger partial charge in [-0.2, -0.15) is 0 Å². The third kappa shape index (κ3) is 5.70. The van der Waals surface area contributed by atoms with E-state index in [1.165, 1.54) is 30.2 Å². The fourth-order valence-corrected chi connectivity index (χ4v) is 3.89. The van der Waals surface area contributed by atoms with Crippen LogP contribution in [-0.4, -0.2) is 47.1 Å². The minimum Gasteiger partial charge on any atom is -0.497 e. The summed E-state index contributed by atoms with van der Waals surface area (Å²) in [5.41, 5.74) is 1.18. The first-order valence-electron chi connectivity index (χ1n) is 7.96. The average molecular weight is 353 g/mol. The van der Waals surface area contributed by atoms with Gasteiger partial charge < -0.3 is 15.0 Å². The maximum Gasteiger partial charge on any atom is 0.233 e. The van der Waals surface area contributed by atoms with Crippen molar-refractivity contribution in [2.45, 2.75) is 31.4 Å². The normalized spacial score (nSPS) is 15.3. The van der Waals surface area contributed by atoms with Crippen molar-refractivity contribution in [2.24, 2.45) is 0 Å². The molecule has 23 heavy (non-hydrogen) atoms. The topological polar surface area (TPSA) is 41.6 Å². The number of benzene rings is 1. The van der Waals surface area contributed by atoms with Gasteiger partial charge in [0.15, 0.2) is 0 Å². The second kappa shape index (κ2) is 9.13. The van der Waals surface area contributed by atoms with Crippen LogP contribution in [0.5, 0.6) is 5.75 Å². The van der Waals surface area contributed by atoms with E-state index in [0.29, 0.717) is 6.54 Å². The summed E-state index contributed by atoms with van der Waals surface area (Å²) in [6.45, 7) is 4.59. The molecule has 1 heterocycles. The summed E-state index contributed by atoms with van der Waals surface area (Å²) in [6.07, 6.45) is 3.20. The number of rotatable bonds is 6. The first-order valence-corrected chi connectivity index (χ1v) is 9.25. The molecule has 1 saturated heterocycles. The molecule has 1 amide bonds. The van der Waals surface area contributed by atoms with Gasteiger partial charge in [-0.05, 0) is 43.9 Å². The molecule has 126 valence electrons. The molecule has 6 heteroatoms. The molecule has 0 saturated carbocycles. The molecular weight excluding hydrogens is 328 g/mol. The molecule has 1 aromatic rings. The van der Waals surface area contributed by atoms with Gasteiger partial charge in [0, 0.05) is 19.6 Å². The third-order valence-corrected chi connectivity index (χ3v) is 5.46. The highest BCUT2D eigenvalue weighted by molar-refractivity contribution is 8.23. The Morgan fingerprint density at radius 2 is 2.00 bits per heavy atom. The molecular formula is C17H24N2O2S2. The van der Waals surface area contributed by atoms with Crippen molar-refractivity contribution in [1.82, 2.24) is 10.2 Å². The number of likely N-dealkylation sites (tertiary alicyclic amines) is 1. The number of carbonyl (C=O) groups is 1. The molecule has 1 N–H and O–H groups in total. The Bertz CT molecular complexity index is 528. The second-order valence-electron chi connectivity index (χ2n) is 5.61. The molecule has 0 unspecified atom stereocenters. The zero-order chi connectivity index (χ0) is 16.7. The number of nitrogens with one attached hydrogen (secondary N) is 1. The Balaban J connectivity index is 1.69. The van der Waals surface area contributed by atoms with Crippen molar-refractivity contribution >= 4 is 34.2 Å². The first-order chi connectivity index (χ1) is 11.1. The number of amides is 1. The number of hydrogen-bond acceptors (Lipinski definition) is 4. The number of thiocarbonyl (C=S) groups is 1. The highest BCUT2D eigenvalue weighted by atomic mass is 32.2. The van der Waals surface area contributed by atoms with Crippen LogP contribution in [0.1, 0.15) is 25.3 Å². The average Bonchev–Trinajstić information content (AvgIpc) is 3.10. The molecule has 0 aromatic heterocycles. The van der Waals surface area contributed by atoms with Gasteiger partial charge in [-0.1, -0.05) is 36.1 Å². The molecule has 1 atom stereocenters. The van der Waals surface area contributed by atoms with E-state index in [-0.39, 0.29) is 11.2 Å². The summed E-state index contributed by atoms with van der Waals surface area (Å²) >= 11 is 6.90. The number of nitrogens with zero attached hydrogens (tertiary/aromatic N) is 1. The Morgan fingerprint density at radius 3 is 2.61 bits per heavy atom. The van der Waals surface area contributed by atoms with E-state index in [2.05, 4.69) is 10.2 Å². The van der Waals surface area contributed by atoms with Crippen LogP contribution >= 0.6 is 24.0 Å². The highest BCUT2D eigenvalue weighted by Crippen LogP contribution is 2.20. The third-order valence-electron chi connectivity index (χ3n) is 3.88. The molecule has 0 bridgehead atoms. The number of methoxy groups -OCH3 is 1. The number of carbonyl (C=O) groups excluding carboxylic acids is 1. The van der Waals surface area contributed by atoms with Gasteiger partial charge in [0.25, 0.3) is 0 Å². The van der Waals surface area contributed by atoms with Crippen molar-refractivity contribution in [1.29, 1.82) is 0 Å². The Morgan fingerprint density at radius 1 is 1.35 bits per heavy atom. The van der Waals surface area contributed by atoms with Crippen molar-refractivity contribution in [3.8, 4) is 5.75 Å². The minimum atomic E-state index is -0.154. The summed E-state index contributed by atoms with van der Waals surface area (Å²) < 4.78 is 5.98. The lowest BCUT2D eigenvalue weighted by atomic mass is 10.1. The monoisotopic (exact) mass is 352 g/mol. The minimum absolute atomic E-state index is 0.0464. The van der Waals surface area contributed by atoms with Crippen molar-refractivity contribution in [2.75, 3.05) is 26.7 Å². The number of thioether (sulfide) groups is 1. The van der Waals surface area contributed by atoms with Gasteiger partial charge in [-0.25, -0.2) is 0 Å². The molecule has 1 aliphatic heterocycles. The molecule has 0 spiro atoms. The van der Waals surface area contributed by atoms with Crippen LogP contribution in [0.15, 0.2) is 24.3 Å². The van der Waals surface area contributed by atoms with E-state index in [1.807, 2.05) is 31.2 Å². The summed E-state index contributed by atoms with van der Waals surface area (Å²) in [6, 6.07) is 7.91. The van der Waals surface area contributed by atoms with Crippen molar-refractivity contribution in [3.05, 3.63) is 29.8 Å². The standard InChI is InChI=1S/C17H24N2O2S2/c1-13(23-17(22)19-11-3-4-12-19)16(20)18-10-9-14-5-7-15(21-2)8-6-14/h5-8,13H,3-4,9-12H2,1-2H3,(H,18,20)/t13-/m0/s1. The van der Waals surface area contributed by atoms with Gasteiger partial charge in [-0.3, -0.25) is 4.79 Å². The Hall–Kier alpha value is -1.27. The van der Waals surface area contributed by atoms with Crippen LogP contribution in [0.2, 0.25) is 0 Å². The van der Waals surface area contributed by atoms with Crippen molar-refractivity contribution in [3.63, 3.8) is 0 Å². The van der Waals surface area contributed by atoms with Gasteiger partial charge in [0.05, 0.1) is 12.4 Å². The van der Waals surface area contributed by atoms with Gasteiger partial charge in [0.1, 0.15) is 10.1 Å². The lowest BCUT2D eigenvalue weighted by Crippen LogP contribution is -2.35. The van der Waals surface area contributed by atoms with Crippen LogP contribution in [-0.2, 0) is 11.2 Å². The zero-order valence-electron chi connectivity index (χ0n) is 13.7. The predicted molar refractivity (Wildman–Crippen MR) is 100 cm³/mol. The fraction of sp³-hybridized carbons (Fsp3) is 0.529. The summed E-state index contributed by atoms with van der Waals surface area (Å²) in [4.78, 5) is 14.3. The van der Waals surface area contributed by atoms with Crippen LogP contribution in [0, 0.1) is 0 Å². The first kappa shape index (κ1) is 18.1. The van der Waals surface area contributed by atoms with E-state index in [1.54, 1.807) is 7.11 Å². The van der Waals surface area contributed by atoms with E-state index in [9.17, 15) is 4.79 Å². The number of hydrogen-bond donors (Lipinski definition) is 1. The quantitative estimate of drug-likeness (QED) is 0.798. The van der Waals surface area contributed by atoms with Crippen molar-refractivity contribution < 1.29 is 9.53 Å². The molecule has 4 nitrogen and oxygen atoms in total. The van der Waals surface area contributed by atoms with Crippen LogP contribution < -0.4 is 10.1 Å². The largest absolute Gasteiger partial charge is 0.497 e. The van der Waals surface area contributed by atoms with Crippen LogP contribution in [0.25, 0.3) is 0 Å². The molecule has 2 rings (SSSR count). The highest BCUT2D eigenvalue weighted by Gasteiger charge is 2.20. The summed E-state index contributed by atoms with van der Waals surface area (Å²) in [7, 11) is 1.65. The fourth-order valence-electron chi connectivity index (χ4n) is 2.44. The zero-order valence-corrected chi connectivity index (χ0v) is 15.3. The van der Waals surface area contributed by atoms with Gasteiger partial charge in [0.2, 0.25) is 5.91 Å². The maximum atomic E-state index is 12.2. The lowest BCUT2D eigenvalue weighted by molar-refractivity contribution is -0.120. The van der Waals surface area contributed by atoms with Gasteiger partial charge >= 0.3 is 0 Å². The number of ether oxygens (including phenoxy) is 1. The molecule has 0 aliphatic carbocycles. The van der Waals surface area contributed by atoms with E-state index >= 15 is 0 Å². The molecule has 1 fully saturated rings. The molecule has 0 radical (unpaired) electrons. The predicted octanol–water partition coefficient (Wildman–Crippen LogP) is 2.86. The molecule has 1 aliphatic rings. The second-order valence-corrected chi connectivity index (χ2v) is 7.58. The SMILES string of the molecule is COc1ccc(CCNC(=O)[C@H](C)SC(=S)N2CCCC2)cc1. The van der Waals surface area contributed by atoms with E-state index < -0.39 is 0 Å². The summed E-state index contributed by atoms with van der Waals surface area (Å²) in [5.74, 6) is 0.892. The smallest absolute Gasteiger partial charge is 0.233 e. The Kier molecular flexibility index (Phi) is 7.17. The lowest BCUT2D eigenvalue weighted by Gasteiger charge is -2.20. The van der Waals surface area contributed by atoms with E-state index in [0.717, 1.165) is 29.6 Å². The maximum absolute atomic E-state index is 12.2. The van der Waals surface area contributed by atoms with Crippen LogP contribution in [0.4, 0.5) is 0 Å². The Labute approximate surface area is 148 Å².